The summed E-state index contributed by atoms with van der Waals surface area (Å²) in [6.07, 6.45) is 4.30. The number of aliphatic carboxylic acids is 1. The molecule has 4 rings (SSSR count). The number of carboxylic acids is 1. The van der Waals surface area contributed by atoms with Crippen LogP contribution in [0.15, 0.2) is 64.8 Å². The van der Waals surface area contributed by atoms with Gasteiger partial charge in [0.15, 0.2) is 0 Å². The number of nitriles is 1. The van der Waals surface area contributed by atoms with E-state index in [2.05, 4.69) is 25.8 Å². The van der Waals surface area contributed by atoms with Crippen LogP contribution in [0.25, 0.3) is 17.0 Å². The lowest BCUT2D eigenvalue weighted by Crippen LogP contribution is -1.98. The molecule has 0 fully saturated rings. The van der Waals surface area contributed by atoms with Gasteiger partial charge in [-0.05, 0) is 41.6 Å². The average molecular weight is 430 g/mol. The minimum absolute atomic E-state index is 0.142. The second-order valence-corrected chi connectivity index (χ2v) is 7.88. The number of H-pyrrole nitrogens is 1. The van der Waals surface area contributed by atoms with Crippen molar-refractivity contribution >= 4 is 34.7 Å². The molecule has 2 aromatic carbocycles. The Balaban J connectivity index is 1.70. The summed E-state index contributed by atoms with van der Waals surface area (Å²) in [5, 5.41) is 27.0. The number of rotatable bonds is 7. The van der Waals surface area contributed by atoms with E-state index in [0.717, 1.165) is 33.8 Å². The Morgan fingerprint density at radius 1 is 1.26 bits per heavy atom. The molecule has 0 aliphatic rings. The van der Waals surface area contributed by atoms with Crippen molar-refractivity contribution in [1.82, 2.24) is 19.7 Å². The Morgan fingerprint density at radius 3 is 2.71 bits per heavy atom. The average Bonchev–Trinajstić information content (AvgIpc) is 3.38. The highest BCUT2D eigenvalue weighted by Crippen LogP contribution is 2.30. The Morgan fingerprint density at radius 2 is 2.03 bits per heavy atom. The van der Waals surface area contributed by atoms with Crippen molar-refractivity contribution in [3.05, 3.63) is 82.1 Å². The maximum absolute atomic E-state index is 11.9. The van der Waals surface area contributed by atoms with Crippen LogP contribution in [0.2, 0.25) is 0 Å². The zero-order valence-corrected chi connectivity index (χ0v) is 17.6. The highest BCUT2D eigenvalue weighted by Gasteiger charge is 2.15. The SMILES string of the molecule is CCc1nc(S/C(=C\c2cn(Cc3ccc(C#N)cc3)c3ccccc23)C(=O)O)n[nH]1. The Hall–Kier alpha value is -3.83. The first-order chi connectivity index (χ1) is 15.1. The number of nitrogens with zero attached hydrogens (tertiary/aromatic N) is 4. The monoisotopic (exact) mass is 429 g/mol. The third-order valence-corrected chi connectivity index (χ3v) is 5.68. The molecule has 0 amide bonds. The minimum atomic E-state index is -1.03. The molecular weight excluding hydrogens is 410 g/mol. The quantitative estimate of drug-likeness (QED) is 0.332. The number of nitrogens with one attached hydrogen (secondary N) is 1. The Labute approximate surface area is 183 Å². The van der Waals surface area contributed by atoms with E-state index in [4.69, 9.17) is 5.26 Å². The molecule has 7 nitrogen and oxygen atoms in total. The van der Waals surface area contributed by atoms with Crippen LogP contribution in [-0.4, -0.2) is 30.8 Å². The Kier molecular flexibility index (Phi) is 5.87. The number of aromatic nitrogens is 4. The molecule has 2 aromatic heterocycles. The van der Waals surface area contributed by atoms with E-state index in [1.54, 1.807) is 18.2 Å². The van der Waals surface area contributed by atoms with Crippen molar-refractivity contribution in [2.75, 3.05) is 0 Å². The van der Waals surface area contributed by atoms with E-state index < -0.39 is 5.97 Å². The highest BCUT2D eigenvalue weighted by molar-refractivity contribution is 8.04. The second kappa shape index (κ2) is 8.90. The third-order valence-electron chi connectivity index (χ3n) is 4.80. The maximum atomic E-state index is 11.9. The number of carbonyl (C=O) groups is 1. The van der Waals surface area contributed by atoms with Crippen LogP contribution in [0.4, 0.5) is 0 Å². The molecule has 8 heteroatoms. The molecule has 154 valence electrons. The molecule has 0 bridgehead atoms. The summed E-state index contributed by atoms with van der Waals surface area (Å²) in [6, 6.07) is 17.4. The van der Waals surface area contributed by atoms with Gasteiger partial charge >= 0.3 is 5.97 Å². The second-order valence-electron chi connectivity index (χ2n) is 6.87. The van der Waals surface area contributed by atoms with Crippen molar-refractivity contribution in [2.24, 2.45) is 0 Å². The first kappa shape index (κ1) is 20.4. The number of para-hydroxylation sites is 1. The molecule has 2 heterocycles. The molecule has 0 saturated carbocycles. The van der Waals surface area contributed by atoms with Crippen LogP contribution < -0.4 is 0 Å². The number of hydrogen-bond donors (Lipinski definition) is 2. The number of thioether (sulfide) groups is 1. The largest absolute Gasteiger partial charge is 0.477 e. The molecule has 2 N–H and O–H groups in total. The summed E-state index contributed by atoms with van der Waals surface area (Å²) in [4.78, 5) is 16.3. The molecule has 0 saturated heterocycles. The van der Waals surface area contributed by atoms with Crippen molar-refractivity contribution < 1.29 is 9.90 Å². The summed E-state index contributed by atoms with van der Waals surface area (Å²) in [5.74, 6) is -0.317. The normalized spacial score (nSPS) is 11.5. The molecule has 0 spiro atoms. The van der Waals surface area contributed by atoms with E-state index in [1.807, 2.05) is 49.5 Å². The van der Waals surface area contributed by atoms with Gasteiger partial charge in [-0.3, -0.25) is 5.10 Å². The molecule has 0 unspecified atom stereocenters. The lowest BCUT2D eigenvalue weighted by atomic mass is 10.1. The topological polar surface area (TPSA) is 108 Å². The zero-order chi connectivity index (χ0) is 21.8. The van der Waals surface area contributed by atoms with Crippen molar-refractivity contribution in [2.45, 2.75) is 25.0 Å². The predicted octanol–water partition coefficient (Wildman–Crippen LogP) is 4.46. The van der Waals surface area contributed by atoms with Gasteiger partial charge < -0.3 is 9.67 Å². The molecular formula is C23H19N5O2S. The number of carboxylic acid groups (broad SMARTS) is 1. The molecule has 0 radical (unpaired) electrons. The summed E-state index contributed by atoms with van der Waals surface area (Å²) in [7, 11) is 0. The van der Waals surface area contributed by atoms with Gasteiger partial charge in [0.2, 0.25) is 5.16 Å². The number of aromatic amines is 1. The van der Waals surface area contributed by atoms with E-state index >= 15 is 0 Å². The maximum Gasteiger partial charge on any atom is 0.342 e. The van der Waals surface area contributed by atoms with Gasteiger partial charge in [-0.15, -0.1) is 5.10 Å². The fourth-order valence-corrected chi connectivity index (χ4v) is 3.98. The van der Waals surface area contributed by atoms with Crippen LogP contribution in [0, 0.1) is 11.3 Å². The number of fused-ring (bicyclic) bond motifs is 1. The van der Waals surface area contributed by atoms with Gasteiger partial charge in [0.25, 0.3) is 0 Å². The zero-order valence-electron chi connectivity index (χ0n) is 16.7. The molecule has 4 aromatic rings. The Bertz CT molecular complexity index is 1310. The number of aryl methyl sites for hydroxylation is 1. The van der Waals surface area contributed by atoms with Gasteiger partial charge in [-0.2, -0.15) is 5.26 Å². The third kappa shape index (κ3) is 4.52. The van der Waals surface area contributed by atoms with Gasteiger partial charge in [0.1, 0.15) is 10.7 Å². The number of hydrogen-bond acceptors (Lipinski definition) is 5. The predicted molar refractivity (Wildman–Crippen MR) is 119 cm³/mol. The van der Waals surface area contributed by atoms with Gasteiger partial charge in [0.05, 0.1) is 11.6 Å². The van der Waals surface area contributed by atoms with E-state index in [0.29, 0.717) is 29.5 Å². The fraction of sp³-hybridized carbons (Fsp3) is 0.130. The number of benzene rings is 2. The smallest absolute Gasteiger partial charge is 0.342 e. The minimum Gasteiger partial charge on any atom is -0.477 e. The van der Waals surface area contributed by atoms with Gasteiger partial charge in [-0.1, -0.05) is 37.3 Å². The summed E-state index contributed by atoms with van der Waals surface area (Å²) in [5.41, 5.74) is 3.47. The first-order valence-corrected chi connectivity index (χ1v) is 10.5. The molecule has 0 atom stereocenters. The fourth-order valence-electron chi connectivity index (χ4n) is 3.26. The van der Waals surface area contributed by atoms with Gasteiger partial charge in [-0.25, -0.2) is 9.78 Å². The van der Waals surface area contributed by atoms with Crippen molar-refractivity contribution in [1.29, 1.82) is 5.26 Å². The van der Waals surface area contributed by atoms with E-state index in [-0.39, 0.29) is 4.91 Å². The summed E-state index contributed by atoms with van der Waals surface area (Å²) >= 11 is 1.02. The van der Waals surface area contributed by atoms with Crippen LogP contribution in [0.1, 0.15) is 29.4 Å². The summed E-state index contributed by atoms with van der Waals surface area (Å²) < 4.78 is 2.08. The van der Waals surface area contributed by atoms with Crippen molar-refractivity contribution in [3.63, 3.8) is 0 Å². The van der Waals surface area contributed by atoms with Gasteiger partial charge in [0, 0.05) is 35.6 Å². The molecule has 31 heavy (non-hydrogen) atoms. The van der Waals surface area contributed by atoms with Crippen molar-refractivity contribution in [3.8, 4) is 6.07 Å². The van der Waals surface area contributed by atoms with E-state index in [1.165, 1.54) is 0 Å². The lowest BCUT2D eigenvalue weighted by molar-refractivity contribution is -0.131. The first-order valence-electron chi connectivity index (χ1n) is 9.68. The summed E-state index contributed by atoms with van der Waals surface area (Å²) in [6.45, 7) is 2.56. The van der Waals surface area contributed by atoms with Crippen LogP contribution in [0.5, 0.6) is 0 Å². The standard InChI is InChI=1S/C23H19N5O2S/c1-2-21-25-23(27-26-21)31-20(22(29)30)11-17-14-28(19-6-4-3-5-18(17)19)13-16-9-7-15(12-24)8-10-16/h3-11,14H,2,13H2,1H3,(H,29,30)(H,25,26,27)/b20-11-. The van der Waals surface area contributed by atoms with E-state index in [9.17, 15) is 9.90 Å². The highest BCUT2D eigenvalue weighted by atomic mass is 32.2. The van der Waals surface area contributed by atoms with Crippen LogP contribution in [-0.2, 0) is 17.8 Å². The lowest BCUT2D eigenvalue weighted by Gasteiger charge is -2.05. The van der Waals surface area contributed by atoms with Crippen LogP contribution in [0.3, 0.4) is 0 Å². The molecule has 0 aliphatic carbocycles. The van der Waals surface area contributed by atoms with Crippen LogP contribution >= 0.6 is 11.8 Å². The molecule has 0 aliphatic heterocycles.